The number of nitrogens with one attached hydrogen (secondary N) is 2. The van der Waals surface area contributed by atoms with Gasteiger partial charge < -0.3 is 20.5 Å². The van der Waals surface area contributed by atoms with Crippen molar-refractivity contribution < 1.29 is 14.6 Å². The van der Waals surface area contributed by atoms with Crippen molar-refractivity contribution in [3.8, 4) is 0 Å². The molecule has 0 bridgehead atoms. The molecule has 2 amide bonds. The van der Waals surface area contributed by atoms with E-state index in [9.17, 15) is 4.79 Å². The summed E-state index contributed by atoms with van der Waals surface area (Å²) in [6.45, 7) is 4.36. The van der Waals surface area contributed by atoms with Crippen molar-refractivity contribution in [2.75, 3.05) is 20.3 Å². The zero-order valence-electron chi connectivity index (χ0n) is 13.1. The van der Waals surface area contributed by atoms with Crippen LogP contribution in [0.3, 0.4) is 0 Å². The first-order valence-corrected chi connectivity index (χ1v) is 7.24. The van der Waals surface area contributed by atoms with E-state index in [4.69, 9.17) is 9.84 Å². The molecule has 1 atom stereocenters. The number of rotatable bonds is 8. The van der Waals surface area contributed by atoms with Crippen LogP contribution in [-0.2, 0) is 4.74 Å². The number of urea groups is 1. The summed E-state index contributed by atoms with van der Waals surface area (Å²) in [5.74, 6) is 0. The fourth-order valence-corrected chi connectivity index (χ4v) is 1.88. The van der Waals surface area contributed by atoms with Crippen molar-refractivity contribution in [3.05, 3.63) is 35.9 Å². The molecule has 1 aromatic rings. The van der Waals surface area contributed by atoms with E-state index in [2.05, 4.69) is 10.6 Å². The van der Waals surface area contributed by atoms with E-state index in [0.29, 0.717) is 19.4 Å². The van der Waals surface area contributed by atoms with Crippen LogP contribution in [0.5, 0.6) is 0 Å². The van der Waals surface area contributed by atoms with Gasteiger partial charge in [0.05, 0.1) is 11.6 Å². The second-order valence-corrected chi connectivity index (χ2v) is 5.62. The predicted molar refractivity (Wildman–Crippen MR) is 83.1 cm³/mol. The molecule has 0 saturated carbocycles. The van der Waals surface area contributed by atoms with Gasteiger partial charge in [0.15, 0.2) is 0 Å². The van der Waals surface area contributed by atoms with Crippen LogP contribution in [0, 0.1) is 0 Å². The number of carbonyl (C=O) groups excluding carboxylic acids is 1. The zero-order valence-corrected chi connectivity index (χ0v) is 13.1. The van der Waals surface area contributed by atoms with Gasteiger partial charge in [-0.3, -0.25) is 0 Å². The molecule has 0 fully saturated rings. The lowest BCUT2D eigenvalue weighted by atomic mass is 10.0. The van der Waals surface area contributed by atoms with E-state index in [0.717, 1.165) is 5.56 Å². The normalized spacial score (nSPS) is 12.8. The summed E-state index contributed by atoms with van der Waals surface area (Å²) in [4.78, 5) is 12.0. The Bertz CT molecular complexity index is 421. The van der Waals surface area contributed by atoms with Crippen LogP contribution in [0.25, 0.3) is 0 Å². The van der Waals surface area contributed by atoms with Crippen molar-refractivity contribution in [1.82, 2.24) is 10.6 Å². The Kier molecular flexibility index (Phi) is 7.19. The number of methoxy groups -OCH3 is 1. The molecular formula is C16H26N2O3. The number of ether oxygens (including phenoxy) is 1. The molecule has 3 N–H and O–H groups in total. The first kappa shape index (κ1) is 17.5. The van der Waals surface area contributed by atoms with Gasteiger partial charge in [-0.2, -0.15) is 0 Å². The SMILES string of the molecule is COC(C)(C)CNC(=O)NC(CCCO)c1ccccc1. The van der Waals surface area contributed by atoms with Crippen molar-refractivity contribution in [2.45, 2.75) is 38.3 Å². The summed E-state index contributed by atoms with van der Waals surface area (Å²) in [5.41, 5.74) is 0.636. The van der Waals surface area contributed by atoms with Gasteiger partial charge in [-0.05, 0) is 32.3 Å². The molecule has 118 valence electrons. The summed E-state index contributed by atoms with van der Waals surface area (Å²) in [5, 5.41) is 14.8. The molecule has 0 aliphatic heterocycles. The Labute approximate surface area is 126 Å². The molecule has 5 heteroatoms. The minimum absolute atomic E-state index is 0.107. The standard InChI is InChI=1S/C16H26N2O3/c1-16(2,21-3)12-17-15(20)18-14(10-7-11-19)13-8-5-4-6-9-13/h4-6,8-9,14,19H,7,10-12H2,1-3H3,(H2,17,18,20). The number of carbonyl (C=O) groups is 1. The Morgan fingerprint density at radius 1 is 1.33 bits per heavy atom. The lowest BCUT2D eigenvalue weighted by molar-refractivity contribution is 0.0253. The van der Waals surface area contributed by atoms with Crippen molar-refractivity contribution in [3.63, 3.8) is 0 Å². The first-order valence-electron chi connectivity index (χ1n) is 7.24. The number of benzene rings is 1. The molecular weight excluding hydrogens is 268 g/mol. The van der Waals surface area contributed by atoms with Gasteiger partial charge in [0, 0.05) is 20.3 Å². The summed E-state index contributed by atoms with van der Waals surface area (Å²) in [7, 11) is 1.62. The third-order valence-electron chi connectivity index (χ3n) is 3.39. The Hall–Kier alpha value is -1.59. The van der Waals surface area contributed by atoms with E-state index in [1.165, 1.54) is 0 Å². The van der Waals surface area contributed by atoms with Crippen LogP contribution in [-0.4, -0.2) is 37.0 Å². The predicted octanol–water partition coefficient (Wildman–Crippen LogP) is 2.22. The second kappa shape index (κ2) is 8.64. The van der Waals surface area contributed by atoms with E-state index < -0.39 is 5.60 Å². The highest BCUT2D eigenvalue weighted by Crippen LogP contribution is 2.18. The van der Waals surface area contributed by atoms with Crippen LogP contribution in [0.1, 0.15) is 38.3 Å². The number of hydrogen-bond donors (Lipinski definition) is 3. The van der Waals surface area contributed by atoms with Crippen molar-refractivity contribution >= 4 is 6.03 Å². The highest BCUT2D eigenvalue weighted by Gasteiger charge is 2.19. The van der Waals surface area contributed by atoms with Gasteiger partial charge in [-0.1, -0.05) is 30.3 Å². The van der Waals surface area contributed by atoms with Crippen LogP contribution in [0.2, 0.25) is 0 Å². The van der Waals surface area contributed by atoms with E-state index in [-0.39, 0.29) is 18.7 Å². The fourth-order valence-electron chi connectivity index (χ4n) is 1.88. The lowest BCUT2D eigenvalue weighted by Crippen LogP contribution is -2.45. The molecule has 0 aromatic heterocycles. The van der Waals surface area contributed by atoms with Crippen molar-refractivity contribution in [1.29, 1.82) is 0 Å². The molecule has 0 spiro atoms. The van der Waals surface area contributed by atoms with Gasteiger partial charge in [0.25, 0.3) is 0 Å². The Morgan fingerprint density at radius 3 is 2.57 bits per heavy atom. The van der Waals surface area contributed by atoms with E-state index >= 15 is 0 Å². The minimum atomic E-state index is -0.398. The monoisotopic (exact) mass is 294 g/mol. The molecule has 5 nitrogen and oxygen atoms in total. The number of hydrogen-bond acceptors (Lipinski definition) is 3. The zero-order chi connectivity index (χ0) is 15.7. The topological polar surface area (TPSA) is 70.6 Å². The van der Waals surface area contributed by atoms with Gasteiger partial charge >= 0.3 is 6.03 Å². The van der Waals surface area contributed by atoms with Crippen LogP contribution in [0.4, 0.5) is 4.79 Å². The van der Waals surface area contributed by atoms with Crippen LogP contribution >= 0.6 is 0 Å². The van der Waals surface area contributed by atoms with Gasteiger partial charge in [0.2, 0.25) is 0 Å². The maximum absolute atomic E-state index is 12.0. The molecule has 0 saturated heterocycles. The largest absolute Gasteiger partial charge is 0.396 e. The molecule has 21 heavy (non-hydrogen) atoms. The quantitative estimate of drug-likeness (QED) is 0.688. The molecule has 0 aliphatic rings. The first-order chi connectivity index (χ1) is 9.98. The van der Waals surface area contributed by atoms with Crippen LogP contribution < -0.4 is 10.6 Å². The summed E-state index contributed by atoms with van der Waals surface area (Å²) in [6.07, 6.45) is 1.34. The third kappa shape index (κ3) is 6.60. The number of aliphatic hydroxyl groups is 1. The highest BCUT2D eigenvalue weighted by molar-refractivity contribution is 5.74. The number of amides is 2. The Balaban J connectivity index is 2.58. The van der Waals surface area contributed by atoms with Gasteiger partial charge in [-0.25, -0.2) is 4.79 Å². The third-order valence-corrected chi connectivity index (χ3v) is 3.39. The summed E-state index contributed by atoms with van der Waals surface area (Å²) < 4.78 is 5.27. The Morgan fingerprint density at radius 2 is 2.00 bits per heavy atom. The summed E-state index contributed by atoms with van der Waals surface area (Å²) >= 11 is 0. The van der Waals surface area contributed by atoms with Crippen molar-refractivity contribution in [2.24, 2.45) is 0 Å². The molecule has 0 radical (unpaired) electrons. The maximum Gasteiger partial charge on any atom is 0.315 e. The lowest BCUT2D eigenvalue weighted by Gasteiger charge is -2.25. The molecule has 0 heterocycles. The van der Waals surface area contributed by atoms with E-state index in [1.54, 1.807) is 7.11 Å². The second-order valence-electron chi connectivity index (χ2n) is 5.62. The smallest absolute Gasteiger partial charge is 0.315 e. The van der Waals surface area contributed by atoms with E-state index in [1.807, 2.05) is 44.2 Å². The highest BCUT2D eigenvalue weighted by atomic mass is 16.5. The summed E-state index contributed by atoms with van der Waals surface area (Å²) in [6, 6.07) is 9.43. The maximum atomic E-state index is 12.0. The minimum Gasteiger partial charge on any atom is -0.396 e. The molecule has 1 aromatic carbocycles. The van der Waals surface area contributed by atoms with Gasteiger partial charge in [-0.15, -0.1) is 0 Å². The van der Waals surface area contributed by atoms with Crippen LogP contribution in [0.15, 0.2) is 30.3 Å². The fraction of sp³-hybridized carbons (Fsp3) is 0.562. The molecule has 1 rings (SSSR count). The number of aliphatic hydroxyl groups excluding tert-OH is 1. The average molecular weight is 294 g/mol. The van der Waals surface area contributed by atoms with Gasteiger partial charge in [0.1, 0.15) is 0 Å². The molecule has 1 unspecified atom stereocenters. The average Bonchev–Trinajstić information content (AvgIpc) is 2.50. The molecule has 0 aliphatic carbocycles.